The van der Waals surface area contributed by atoms with Crippen LogP contribution < -0.4 is 5.73 Å². The average molecular weight is 262 g/mol. The van der Waals surface area contributed by atoms with Crippen molar-refractivity contribution < 1.29 is 9.90 Å². The fourth-order valence-electron chi connectivity index (χ4n) is 2.90. The van der Waals surface area contributed by atoms with Crippen LogP contribution in [0.15, 0.2) is 18.2 Å². The summed E-state index contributed by atoms with van der Waals surface area (Å²) in [6.07, 6.45) is 0.927. The predicted molar refractivity (Wildman–Crippen MR) is 76.4 cm³/mol. The van der Waals surface area contributed by atoms with Crippen LogP contribution >= 0.6 is 0 Å². The number of nitrogens with zero attached hydrogens (tertiary/aromatic N) is 1. The number of amides is 1. The standard InChI is InChI=1S/C15H22N2O2/c1-10(2)7-12-9-17(15(18)19)6-5-11-8-13(16)3-4-14(11)12/h3-4,8,10,12H,5-7,9,16H2,1-2H3,(H,18,19). The molecule has 1 aromatic carbocycles. The number of carbonyl (C=O) groups is 1. The highest BCUT2D eigenvalue weighted by Crippen LogP contribution is 2.31. The summed E-state index contributed by atoms with van der Waals surface area (Å²) >= 11 is 0. The molecule has 1 amide bonds. The zero-order chi connectivity index (χ0) is 14.0. The minimum Gasteiger partial charge on any atom is -0.465 e. The topological polar surface area (TPSA) is 66.6 Å². The van der Waals surface area contributed by atoms with Gasteiger partial charge in [-0.25, -0.2) is 4.79 Å². The summed E-state index contributed by atoms with van der Waals surface area (Å²) in [5, 5.41) is 9.25. The van der Waals surface area contributed by atoms with E-state index in [1.165, 1.54) is 16.0 Å². The number of hydrogen-bond acceptors (Lipinski definition) is 2. The second kappa shape index (κ2) is 5.51. The maximum Gasteiger partial charge on any atom is 0.407 e. The number of fused-ring (bicyclic) bond motifs is 1. The van der Waals surface area contributed by atoms with Crippen molar-refractivity contribution in [1.29, 1.82) is 0 Å². The molecule has 1 aliphatic heterocycles. The summed E-state index contributed by atoms with van der Waals surface area (Å²) in [6, 6.07) is 5.99. The molecular weight excluding hydrogens is 240 g/mol. The van der Waals surface area contributed by atoms with E-state index in [-0.39, 0.29) is 5.92 Å². The van der Waals surface area contributed by atoms with Gasteiger partial charge in [0, 0.05) is 24.7 Å². The SMILES string of the molecule is CC(C)CC1CN(C(=O)O)CCc2cc(N)ccc21. The van der Waals surface area contributed by atoms with Gasteiger partial charge in [0.15, 0.2) is 0 Å². The minimum atomic E-state index is -0.825. The zero-order valence-electron chi connectivity index (χ0n) is 11.6. The molecule has 4 heteroatoms. The number of rotatable bonds is 2. The van der Waals surface area contributed by atoms with Crippen LogP contribution in [0.3, 0.4) is 0 Å². The molecule has 1 aliphatic rings. The van der Waals surface area contributed by atoms with E-state index >= 15 is 0 Å². The first-order valence-electron chi connectivity index (χ1n) is 6.83. The van der Waals surface area contributed by atoms with E-state index in [4.69, 9.17) is 5.73 Å². The molecule has 0 aromatic heterocycles. The predicted octanol–water partition coefficient (Wildman–Crippen LogP) is 2.93. The Balaban J connectivity index is 2.33. The molecule has 4 nitrogen and oxygen atoms in total. The van der Waals surface area contributed by atoms with Gasteiger partial charge in [-0.3, -0.25) is 0 Å². The Labute approximate surface area is 114 Å². The van der Waals surface area contributed by atoms with E-state index < -0.39 is 6.09 Å². The summed E-state index contributed by atoms with van der Waals surface area (Å²) in [4.78, 5) is 12.8. The summed E-state index contributed by atoms with van der Waals surface area (Å²) < 4.78 is 0. The van der Waals surface area contributed by atoms with Gasteiger partial charge in [-0.2, -0.15) is 0 Å². The van der Waals surface area contributed by atoms with E-state index in [2.05, 4.69) is 19.9 Å². The van der Waals surface area contributed by atoms with Crippen molar-refractivity contribution in [2.75, 3.05) is 18.8 Å². The molecule has 0 fully saturated rings. The van der Waals surface area contributed by atoms with Crippen molar-refractivity contribution in [3.05, 3.63) is 29.3 Å². The highest BCUT2D eigenvalue weighted by Gasteiger charge is 2.26. The van der Waals surface area contributed by atoms with Crippen molar-refractivity contribution in [3.63, 3.8) is 0 Å². The molecule has 3 N–H and O–H groups in total. The second-order valence-electron chi connectivity index (χ2n) is 5.76. The highest BCUT2D eigenvalue weighted by atomic mass is 16.4. The molecule has 0 saturated carbocycles. The molecular formula is C15H22N2O2. The Morgan fingerprint density at radius 3 is 2.89 bits per heavy atom. The molecule has 19 heavy (non-hydrogen) atoms. The normalized spacial score (nSPS) is 19.1. The number of carboxylic acid groups (broad SMARTS) is 1. The number of nitrogens with two attached hydrogens (primary N) is 1. The molecule has 0 aliphatic carbocycles. The van der Waals surface area contributed by atoms with Crippen molar-refractivity contribution in [2.24, 2.45) is 5.92 Å². The smallest absolute Gasteiger partial charge is 0.407 e. The van der Waals surface area contributed by atoms with E-state index in [9.17, 15) is 9.90 Å². The monoisotopic (exact) mass is 262 g/mol. The number of anilines is 1. The fraction of sp³-hybridized carbons (Fsp3) is 0.533. The molecule has 2 rings (SSSR count). The van der Waals surface area contributed by atoms with E-state index in [1.807, 2.05) is 12.1 Å². The lowest BCUT2D eigenvalue weighted by Gasteiger charge is -2.24. The molecule has 1 unspecified atom stereocenters. The maximum atomic E-state index is 11.3. The van der Waals surface area contributed by atoms with Gasteiger partial charge in [0.05, 0.1) is 0 Å². The van der Waals surface area contributed by atoms with Crippen LogP contribution in [-0.2, 0) is 6.42 Å². The largest absolute Gasteiger partial charge is 0.465 e. The summed E-state index contributed by atoms with van der Waals surface area (Å²) in [5.41, 5.74) is 9.07. The number of nitrogen functional groups attached to an aromatic ring is 1. The second-order valence-corrected chi connectivity index (χ2v) is 5.76. The Kier molecular flexibility index (Phi) is 3.98. The quantitative estimate of drug-likeness (QED) is 0.805. The summed E-state index contributed by atoms with van der Waals surface area (Å²) in [7, 11) is 0. The third kappa shape index (κ3) is 3.19. The highest BCUT2D eigenvalue weighted by molar-refractivity contribution is 5.65. The van der Waals surface area contributed by atoms with Crippen LogP contribution in [0.2, 0.25) is 0 Å². The molecule has 0 spiro atoms. The van der Waals surface area contributed by atoms with Gasteiger partial charge in [0.25, 0.3) is 0 Å². The molecule has 0 bridgehead atoms. The van der Waals surface area contributed by atoms with Gasteiger partial charge in [-0.1, -0.05) is 19.9 Å². The van der Waals surface area contributed by atoms with E-state index in [0.717, 1.165) is 18.5 Å². The molecule has 104 valence electrons. The van der Waals surface area contributed by atoms with Crippen molar-refractivity contribution in [3.8, 4) is 0 Å². The first-order chi connectivity index (χ1) is 8.97. The first kappa shape index (κ1) is 13.7. The summed E-state index contributed by atoms with van der Waals surface area (Å²) in [5.74, 6) is 0.818. The lowest BCUT2D eigenvalue weighted by molar-refractivity contribution is 0.142. The molecule has 0 saturated heterocycles. The van der Waals surface area contributed by atoms with Gasteiger partial charge >= 0.3 is 6.09 Å². The zero-order valence-corrected chi connectivity index (χ0v) is 11.6. The van der Waals surface area contributed by atoms with Gasteiger partial charge < -0.3 is 15.7 Å². The maximum absolute atomic E-state index is 11.3. The van der Waals surface area contributed by atoms with Crippen LogP contribution in [0.5, 0.6) is 0 Å². The van der Waals surface area contributed by atoms with Gasteiger partial charge in [0.1, 0.15) is 0 Å². The van der Waals surface area contributed by atoms with Gasteiger partial charge in [-0.15, -0.1) is 0 Å². The molecule has 1 atom stereocenters. The minimum absolute atomic E-state index is 0.272. The van der Waals surface area contributed by atoms with Gasteiger partial charge in [-0.05, 0) is 42.0 Å². The van der Waals surface area contributed by atoms with Gasteiger partial charge in [0.2, 0.25) is 0 Å². The van der Waals surface area contributed by atoms with Crippen molar-refractivity contribution in [2.45, 2.75) is 32.6 Å². The molecule has 1 heterocycles. The third-order valence-corrected chi connectivity index (χ3v) is 3.73. The Morgan fingerprint density at radius 1 is 1.53 bits per heavy atom. The molecule has 1 aromatic rings. The lowest BCUT2D eigenvalue weighted by atomic mass is 9.87. The average Bonchev–Trinajstić information content (AvgIpc) is 2.48. The summed E-state index contributed by atoms with van der Waals surface area (Å²) in [6.45, 7) is 5.49. The number of benzene rings is 1. The molecule has 0 radical (unpaired) electrons. The Hall–Kier alpha value is -1.71. The third-order valence-electron chi connectivity index (χ3n) is 3.73. The van der Waals surface area contributed by atoms with Crippen LogP contribution in [-0.4, -0.2) is 29.2 Å². The van der Waals surface area contributed by atoms with Crippen LogP contribution in [0.1, 0.15) is 37.3 Å². The van der Waals surface area contributed by atoms with E-state index in [0.29, 0.717) is 19.0 Å². The Morgan fingerprint density at radius 2 is 2.26 bits per heavy atom. The van der Waals surface area contributed by atoms with Crippen LogP contribution in [0.25, 0.3) is 0 Å². The van der Waals surface area contributed by atoms with Crippen molar-refractivity contribution >= 4 is 11.8 Å². The number of hydrogen-bond donors (Lipinski definition) is 2. The van der Waals surface area contributed by atoms with Crippen molar-refractivity contribution in [1.82, 2.24) is 4.90 Å². The first-order valence-corrected chi connectivity index (χ1v) is 6.83. The van der Waals surface area contributed by atoms with E-state index in [1.54, 1.807) is 0 Å². The lowest BCUT2D eigenvalue weighted by Crippen LogP contribution is -2.33. The Bertz CT molecular complexity index is 471. The van der Waals surface area contributed by atoms with Crippen LogP contribution in [0.4, 0.5) is 10.5 Å². The van der Waals surface area contributed by atoms with Crippen LogP contribution in [0, 0.1) is 5.92 Å². The fourth-order valence-corrected chi connectivity index (χ4v) is 2.90.